The van der Waals surface area contributed by atoms with Gasteiger partial charge in [0.05, 0.1) is 16.8 Å². The van der Waals surface area contributed by atoms with Crippen LogP contribution in [0.4, 0.5) is 0 Å². The largest absolute Gasteiger partial charge is 0.310 e. The van der Waals surface area contributed by atoms with Crippen LogP contribution in [0.2, 0.25) is 0 Å². The first-order valence-electron chi connectivity index (χ1n) is 9.60. The third-order valence-electron chi connectivity index (χ3n) is 5.44. The van der Waals surface area contributed by atoms with Gasteiger partial charge in [-0.15, -0.1) is 11.3 Å². The fourth-order valence-electron chi connectivity index (χ4n) is 3.72. The van der Waals surface area contributed by atoms with E-state index in [1.165, 1.54) is 5.56 Å². The first-order chi connectivity index (χ1) is 13.6. The molecule has 2 heterocycles. The minimum Gasteiger partial charge on any atom is -0.310 e. The van der Waals surface area contributed by atoms with Crippen molar-refractivity contribution in [2.75, 3.05) is 32.1 Å². The molecule has 1 aliphatic rings. The van der Waals surface area contributed by atoms with Gasteiger partial charge in [0.2, 0.25) is 0 Å². The van der Waals surface area contributed by atoms with E-state index in [1.807, 2.05) is 14.1 Å². The van der Waals surface area contributed by atoms with Crippen molar-refractivity contribution in [2.45, 2.75) is 34.9 Å². The zero-order valence-electron chi connectivity index (χ0n) is 16.9. The Morgan fingerprint density at radius 2 is 1.86 bits per heavy atom. The van der Waals surface area contributed by atoms with Gasteiger partial charge in [-0.25, -0.2) is 16.8 Å². The fourth-order valence-corrected chi connectivity index (χ4v) is 9.66. The molecule has 1 fully saturated rings. The molecule has 1 unspecified atom stereocenters. The summed E-state index contributed by atoms with van der Waals surface area (Å²) in [5, 5.41) is 4.00. The van der Waals surface area contributed by atoms with Crippen LogP contribution in [0.25, 0.3) is 0 Å². The number of rotatable bonds is 8. The van der Waals surface area contributed by atoms with Crippen molar-refractivity contribution in [1.29, 1.82) is 0 Å². The summed E-state index contributed by atoms with van der Waals surface area (Å²) in [6.45, 7) is 2.57. The molecule has 0 radical (unpaired) electrons. The summed E-state index contributed by atoms with van der Waals surface area (Å²) in [5.74, 6) is -0.486. The number of benzene rings is 1. The Labute approximate surface area is 177 Å². The van der Waals surface area contributed by atoms with Crippen molar-refractivity contribution in [3.63, 3.8) is 0 Å². The minimum absolute atomic E-state index is 0.00861. The molecule has 2 aromatic rings. The maximum Gasteiger partial charge on any atom is 0.193 e. The molecule has 3 rings (SSSR count). The smallest absolute Gasteiger partial charge is 0.193 e. The Hall–Kier alpha value is -1.26. The van der Waals surface area contributed by atoms with E-state index in [0.29, 0.717) is 6.54 Å². The van der Waals surface area contributed by atoms with Gasteiger partial charge >= 0.3 is 0 Å². The van der Waals surface area contributed by atoms with Crippen molar-refractivity contribution >= 4 is 31.0 Å². The number of likely N-dealkylation sites (N-methyl/N-ethyl adjacent to an activating group) is 1. The maximum atomic E-state index is 13.0. The van der Waals surface area contributed by atoms with Gasteiger partial charge < -0.3 is 10.2 Å². The third kappa shape index (κ3) is 5.08. The van der Waals surface area contributed by atoms with Gasteiger partial charge in [0.25, 0.3) is 0 Å². The van der Waals surface area contributed by atoms with Gasteiger partial charge in [0.15, 0.2) is 19.7 Å². The zero-order valence-corrected chi connectivity index (χ0v) is 19.4. The highest BCUT2D eigenvalue weighted by Crippen LogP contribution is 2.29. The second-order valence-corrected chi connectivity index (χ2v) is 13.2. The molecule has 1 aliphatic heterocycles. The quantitative estimate of drug-likeness (QED) is 0.655. The molecule has 9 heteroatoms. The zero-order chi connectivity index (χ0) is 21.2. The van der Waals surface area contributed by atoms with Crippen LogP contribution in [0.1, 0.15) is 24.1 Å². The van der Waals surface area contributed by atoms with E-state index in [9.17, 15) is 16.8 Å². The molecule has 0 amide bonds. The molecular formula is C20H28N2O4S3. The summed E-state index contributed by atoms with van der Waals surface area (Å²) in [7, 11) is -3.18. The van der Waals surface area contributed by atoms with Crippen LogP contribution in [0, 0.1) is 0 Å². The van der Waals surface area contributed by atoms with Crippen LogP contribution < -0.4 is 5.32 Å². The average Bonchev–Trinajstić information content (AvgIpc) is 3.30. The van der Waals surface area contributed by atoms with Crippen LogP contribution in [-0.2, 0) is 26.1 Å². The van der Waals surface area contributed by atoms with Crippen molar-refractivity contribution in [3.8, 4) is 0 Å². The van der Waals surface area contributed by atoms with Crippen LogP contribution in [0.3, 0.4) is 0 Å². The van der Waals surface area contributed by atoms with Crippen LogP contribution in [-0.4, -0.2) is 65.2 Å². The number of hydrogen-bond donors (Lipinski definition) is 1. The predicted molar refractivity (Wildman–Crippen MR) is 118 cm³/mol. The summed E-state index contributed by atoms with van der Waals surface area (Å²) in [6.07, 6.45) is 0.966. The van der Waals surface area contributed by atoms with Gasteiger partial charge in [0.1, 0.15) is 4.21 Å². The number of aryl methyl sites for hydroxylation is 1. The molecule has 0 saturated carbocycles. The summed E-state index contributed by atoms with van der Waals surface area (Å²) in [5.41, 5.74) is 2.36. The fraction of sp³-hybridized carbons (Fsp3) is 0.500. The van der Waals surface area contributed by atoms with E-state index in [2.05, 4.69) is 41.4 Å². The highest BCUT2D eigenvalue weighted by Gasteiger charge is 2.46. The Kier molecular flexibility index (Phi) is 6.84. The molecule has 6 nitrogen and oxygen atoms in total. The molecule has 3 atom stereocenters. The van der Waals surface area contributed by atoms with Gasteiger partial charge in [-0.3, -0.25) is 0 Å². The second-order valence-electron chi connectivity index (χ2n) is 7.68. The Bertz CT molecular complexity index is 1010. The number of nitrogens with one attached hydrogen (secondary N) is 1. The van der Waals surface area contributed by atoms with Gasteiger partial charge in [-0.1, -0.05) is 37.3 Å². The Morgan fingerprint density at radius 3 is 2.41 bits per heavy atom. The highest BCUT2D eigenvalue weighted by molar-refractivity contribution is 7.97. The number of thiophene rings is 1. The second kappa shape index (κ2) is 8.85. The summed E-state index contributed by atoms with van der Waals surface area (Å²) in [6, 6.07) is 10.9. The summed E-state index contributed by atoms with van der Waals surface area (Å²) >= 11 is 1.13. The van der Waals surface area contributed by atoms with Gasteiger partial charge in [-0.05, 0) is 43.1 Å². The van der Waals surface area contributed by atoms with E-state index in [4.69, 9.17) is 0 Å². The Balaban J connectivity index is 1.80. The third-order valence-corrected chi connectivity index (χ3v) is 11.0. The van der Waals surface area contributed by atoms with Crippen LogP contribution in [0.15, 0.2) is 46.0 Å². The normalized spacial score (nSPS) is 22.8. The van der Waals surface area contributed by atoms with E-state index < -0.39 is 31.0 Å². The standard InChI is InChI=1S/C20H28N2O4S3/c1-4-15-7-9-16(10-8-15)18(22(2)3)12-21-17-13-28(23,24)14-19(17)29(25,26)20-6-5-11-27-20/h5-11,17-19,21H,4,12-14H2,1-3H3/t17-,18?,19-/m0/s1. The SMILES string of the molecule is CCc1ccc(C(CN[C@H]2CS(=O)(=O)C[C@@H]2S(=O)(=O)c2cccs2)N(C)C)cc1. The van der Waals surface area contributed by atoms with Crippen LogP contribution >= 0.6 is 11.3 Å². The van der Waals surface area contributed by atoms with Crippen molar-refractivity contribution in [3.05, 3.63) is 52.9 Å². The topological polar surface area (TPSA) is 83.5 Å². The lowest BCUT2D eigenvalue weighted by Gasteiger charge is -2.28. The van der Waals surface area contributed by atoms with Crippen LogP contribution in [0.5, 0.6) is 0 Å². The molecular weight excluding hydrogens is 428 g/mol. The monoisotopic (exact) mass is 456 g/mol. The number of sulfone groups is 2. The van der Waals surface area contributed by atoms with Crippen molar-refractivity contribution < 1.29 is 16.8 Å². The Morgan fingerprint density at radius 1 is 1.17 bits per heavy atom. The molecule has 0 bridgehead atoms. The van der Waals surface area contributed by atoms with Gasteiger partial charge in [-0.2, -0.15) is 0 Å². The molecule has 160 valence electrons. The molecule has 1 N–H and O–H groups in total. The summed E-state index contributed by atoms with van der Waals surface area (Å²) < 4.78 is 50.8. The minimum atomic E-state index is -3.69. The molecule has 0 aliphatic carbocycles. The van der Waals surface area contributed by atoms with Crippen molar-refractivity contribution in [1.82, 2.24) is 10.2 Å². The lowest BCUT2D eigenvalue weighted by atomic mass is 10.0. The number of hydrogen-bond acceptors (Lipinski definition) is 7. The molecule has 1 saturated heterocycles. The van der Waals surface area contributed by atoms with E-state index in [1.54, 1.807) is 17.5 Å². The maximum absolute atomic E-state index is 13.0. The summed E-state index contributed by atoms with van der Waals surface area (Å²) in [4.78, 5) is 2.06. The molecule has 29 heavy (non-hydrogen) atoms. The number of nitrogens with zero attached hydrogens (tertiary/aromatic N) is 1. The predicted octanol–water partition coefficient (Wildman–Crippen LogP) is 2.14. The molecule has 1 aromatic carbocycles. The lowest BCUT2D eigenvalue weighted by molar-refractivity contribution is 0.282. The first kappa shape index (κ1) is 22.4. The van der Waals surface area contributed by atoms with Crippen molar-refractivity contribution in [2.24, 2.45) is 0 Å². The highest BCUT2D eigenvalue weighted by atomic mass is 32.2. The first-order valence-corrected chi connectivity index (χ1v) is 13.8. The molecule has 1 aromatic heterocycles. The van der Waals surface area contributed by atoms with Gasteiger partial charge in [0, 0.05) is 18.6 Å². The van der Waals surface area contributed by atoms with E-state index in [-0.39, 0.29) is 21.8 Å². The lowest BCUT2D eigenvalue weighted by Crippen LogP contribution is -2.46. The average molecular weight is 457 g/mol. The molecule has 0 spiro atoms. The van der Waals surface area contributed by atoms with E-state index >= 15 is 0 Å². The van der Waals surface area contributed by atoms with E-state index in [0.717, 1.165) is 23.3 Å².